The lowest BCUT2D eigenvalue weighted by atomic mass is 10.0. The average molecular weight is 385 g/mol. The number of rotatable bonds is 4. The van der Waals surface area contributed by atoms with Crippen LogP contribution in [0.3, 0.4) is 0 Å². The molecule has 0 saturated carbocycles. The maximum Gasteiger partial charge on any atom is 0.264 e. The van der Waals surface area contributed by atoms with Crippen LogP contribution in [0.5, 0.6) is 5.75 Å². The first-order valence-electron chi connectivity index (χ1n) is 9.24. The van der Waals surface area contributed by atoms with Gasteiger partial charge in [0.25, 0.3) is 5.91 Å². The molecule has 0 radical (unpaired) electrons. The van der Waals surface area contributed by atoms with Crippen LogP contribution >= 0.6 is 11.6 Å². The van der Waals surface area contributed by atoms with Crippen LogP contribution in [0.4, 0.5) is 11.4 Å². The van der Waals surface area contributed by atoms with E-state index in [1.165, 1.54) is 0 Å². The molecule has 0 spiro atoms. The minimum atomic E-state index is -0.108. The molecule has 2 amide bonds. The van der Waals surface area contributed by atoms with Gasteiger partial charge in [-0.2, -0.15) is 0 Å². The van der Waals surface area contributed by atoms with Crippen molar-refractivity contribution in [2.24, 2.45) is 0 Å². The Balaban J connectivity index is 1.41. The third-order valence-electron chi connectivity index (χ3n) is 5.05. The fourth-order valence-corrected chi connectivity index (χ4v) is 4.02. The lowest BCUT2D eigenvalue weighted by Crippen LogP contribution is -2.38. The number of nitrogens with zero attached hydrogens (tertiary/aromatic N) is 2. The first kappa shape index (κ1) is 17.9. The van der Waals surface area contributed by atoms with Gasteiger partial charge in [0.2, 0.25) is 5.91 Å². The van der Waals surface area contributed by atoms with Crippen LogP contribution in [0.25, 0.3) is 0 Å². The average Bonchev–Trinajstić information content (AvgIpc) is 3.12. The summed E-state index contributed by atoms with van der Waals surface area (Å²) in [6.07, 6.45) is 3.34. The lowest BCUT2D eigenvalue weighted by Gasteiger charge is -2.30. The summed E-state index contributed by atoms with van der Waals surface area (Å²) in [4.78, 5) is 28.0. The normalized spacial score (nSPS) is 16.4. The molecule has 140 valence electrons. The van der Waals surface area contributed by atoms with Gasteiger partial charge in [-0.05, 0) is 55.2 Å². The molecular weight excluding hydrogens is 364 g/mol. The van der Waals surface area contributed by atoms with Gasteiger partial charge in [0.05, 0.1) is 10.7 Å². The Morgan fingerprint density at radius 1 is 1.04 bits per heavy atom. The van der Waals surface area contributed by atoms with Crippen molar-refractivity contribution in [3.8, 4) is 5.75 Å². The van der Waals surface area contributed by atoms with E-state index in [-0.39, 0.29) is 18.4 Å². The van der Waals surface area contributed by atoms with Gasteiger partial charge in [0.15, 0.2) is 6.61 Å². The summed E-state index contributed by atoms with van der Waals surface area (Å²) in [5.74, 6) is 0.650. The van der Waals surface area contributed by atoms with E-state index >= 15 is 0 Å². The predicted octanol–water partition coefficient (Wildman–Crippen LogP) is 3.83. The fourth-order valence-electron chi connectivity index (χ4n) is 3.72. The number of carbonyl (C=O) groups excluding carboxylic acids is 2. The Bertz CT molecular complexity index is 866. The van der Waals surface area contributed by atoms with Gasteiger partial charge in [-0.3, -0.25) is 9.59 Å². The highest BCUT2D eigenvalue weighted by Crippen LogP contribution is 2.34. The molecule has 0 unspecified atom stereocenters. The van der Waals surface area contributed by atoms with Crippen LogP contribution in [-0.2, 0) is 16.0 Å². The minimum absolute atomic E-state index is 0.0490. The smallest absolute Gasteiger partial charge is 0.264 e. The number of anilines is 2. The van der Waals surface area contributed by atoms with Crippen LogP contribution in [0.2, 0.25) is 5.02 Å². The molecule has 2 aliphatic heterocycles. The third-order valence-corrected chi connectivity index (χ3v) is 5.36. The zero-order valence-electron chi connectivity index (χ0n) is 15.0. The first-order chi connectivity index (χ1) is 13.1. The molecule has 2 aromatic rings. The number of benzene rings is 2. The van der Waals surface area contributed by atoms with Crippen LogP contribution in [0.15, 0.2) is 42.5 Å². The van der Waals surface area contributed by atoms with Crippen molar-refractivity contribution in [1.29, 1.82) is 0 Å². The number of aryl methyl sites for hydroxylation is 1. The number of hydrogen-bond acceptors (Lipinski definition) is 3. The molecule has 5 nitrogen and oxygen atoms in total. The Morgan fingerprint density at radius 2 is 1.81 bits per heavy atom. The molecule has 1 saturated heterocycles. The second kappa shape index (κ2) is 7.61. The second-order valence-corrected chi connectivity index (χ2v) is 7.24. The largest absolute Gasteiger partial charge is 0.484 e. The van der Waals surface area contributed by atoms with Crippen molar-refractivity contribution in [3.63, 3.8) is 0 Å². The van der Waals surface area contributed by atoms with Gasteiger partial charge in [-0.1, -0.05) is 23.7 Å². The number of fused-ring (bicyclic) bond motifs is 1. The van der Waals surface area contributed by atoms with E-state index in [0.717, 1.165) is 42.7 Å². The zero-order chi connectivity index (χ0) is 18.8. The Hall–Kier alpha value is -2.53. The van der Waals surface area contributed by atoms with Crippen molar-refractivity contribution in [1.82, 2.24) is 0 Å². The van der Waals surface area contributed by atoms with Gasteiger partial charge in [0, 0.05) is 25.2 Å². The quantitative estimate of drug-likeness (QED) is 0.805. The van der Waals surface area contributed by atoms with E-state index in [1.54, 1.807) is 21.9 Å². The maximum absolute atomic E-state index is 12.7. The molecule has 0 atom stereocenters. The van der Waals surface area contributed by atoms with E-state index in [0.29, 0.717) is 23.7 Å². The van der Waals surface area contributed by atoms with Crippen LogP contribution in [0, 0.1) is 0 Å². The molecule has 0 aromatic heterocycles. The lowest BCUT2D eigenvalue weighted by molar-refractivity contribution is -0.120. The molecule has 0 N–H and O–H groups in total. The number of para-hydroxylation sites is 1. The van der Waals surface area contributed by atoms with Crippen molar-refractivity contribution >= 4 is 34.8 Å². The van der Waals surface area contributed by atoms with Crippen LogP contribution in [-0.4, -0.2) is 31.5 Å². The SMILES string of the molecule is O=C1CCCN1c1ccc(OCC(=O)N2CCCc3cccc(Cl)c32)cc1. The molecule has 2 aromatic carbocycles. The monoisotopic (exact) mass is 384 g/mol. The Kier molecular flexibility index (Phi) is 5.03. The zero-order valence-corrected chi connectivity index (χ0v) is 15.7. The Morgan fingerprint density at radius 3 is 2.56 bits per heavy atom. The van der Waals surface area contributed by atoms with Gasteiger partial charge in [0.1, 0.15) is 5.75 Å². The minimum Gasteiger partial charge on any atom is -0.484 e. The molecular formula is C21H21ClN2O3. The standard InChI is InChI=1S/C21H21ClN2O3/c22-18-6-1-4-15-5-2-13-24(21(15)18)20(26)14-27-17-10-8-16(9-11-17)23-12-3-7-19(23)25/h1,4,6,8-11H,2-3,5,7,12-14H2. The van der Waals surface area contributed by atoms with E-state index in [9.17, 15) is 9.59 Å². The third kappa shape index (κ3) is 3.65. The van der Waals surface area contributed by atoms with Crippen molar-refractivity contribution in [2.45, 2.75) is 25.7 Å². The molecule has 27 heavy (non-hydrogen) atoms. The summed E-state index contributed by atoms with van der Waals surface area (Å²) in [7, 11) is 0. The van der Waals surface area contributed by atoms with Crippen molar-refractivity contribution in [3.05, 3.63) is 53.1 Å². The number of halogens is 1. The van der Waals surface area contributed by atoms with E-state index in [1.807, 2.05) is 30.3 Å². The maximum atomic E-state index is 12.7. The number of ether oxygens (including phenoxy) is 1. The first-order valence-corrected chi connectivity index (χ1v) is 9.62. The summed E-state index contributed by atoms with van der Waals surface area (Å²) in [5.41, 5.74) is 2.77. The van der Waals surface area contributed by atoms with Gasteiger partial charge < -0.3 is 14.5 Å². The van der Waals surface area contributed by atoms with E-state index in [4.69, 9.17) is 16.3 Å². The molecule has 0 bridgehead atoms. The number of hydrogen-bond donors (Lipinski definition) is 0. The highest BCUT2D eigenvalue weighted by atomic mass is 35.5. The number of carbonyl (C=O) groups is 2. The predicted molar refractivity (Wildman–Crippen MR) is 106 cm³/mol. The summed E-state index contributed by atoms with van der Waals surface area (Å²) < 4.78 is 5.68. The van der Waals surface area contributed by atoms with Crippen LogP contribution < -0.4 is 14.5 Å². The highest BCUT2D eigenvalue weighted by Gasteiger charge is 2.25. The van der Waals surface area contributed by atoms with Crippen molar-refractivity contribution < 1.29 is 14.3 Å². The van der Waals surface area contributed by atoms with Gasteiger partial charge >= 0.3 is 0 Å². The molecule has 0 aliphatic carbocycles. The highest BCUT2D eigenvalue weighted by molar-refractivity contribution is 6.34. The number of amides is 2. The molecule has 4 rings (SSSR count). The van der Waals surface area contributed by atoms with Crippen molar-refractivity contribution in [2.75, 3.05) is 29.5 Å². The summed E-state index contributed by atoms with van der Waals surface area (Å²) in [5, 5.41) is 0.597. The molecule has 2 heterocycles. The van der Waals surface area contributed by atoms with Crippen LogP contribution in [0.1, 0.15) is 24.8 Å². The second-order valence-electron chi connectivity index (χ2n) is 6.83. The van der Waals surface area contributed by atoms with Gasteiger partial charge in [-0.25, -0.2) is 0 Å². The van der Waals surface area contributed by atoms with E-state index < -0.39 is 0 Å². The summed E-state index contributed by atoms with van der Waals surface area (Å²) in [6, 6.07) is 13.0. The molecule has 6 heteroatoms. The summed E-state index contributed by atoms with van der Waals surface area (Å²) >= 11 is 6.32. The molecule has 1 fully saturated rings. The van der Waals surface area contributed by atoms with Gasteiger partial charge in [-0.15, -0.1) is 0 Å². The molecule has 2 aliphatic rings. The topological polar surface area (TPSA) is 49.9 Å². The fraction of sp³-hybridized carbons (Fsp3) is 0.333. The summed E-state index contributed by atoms with van der Waals surface area (Å²) in [6.45, 7) is 1.36. The Labute approximate surface area is 163 Å². The van der Waals surface area contributed by atoms with E-state index in [2.05, 4.69) is 0 Å².